The van der Waals surface area contributed by atoms with Crippen LogP contribution in [0.1, 0.15) is 16.8 Å². The zero-order chi connectivity index (χ0) is 13.4. The van der Waals surface area contributed by atoms with Crippen molar-refractivity contribution in [1.29, 1.82) is 0 Å². The van der Waals surface area contributed by atoms with Crippen LogP contribution in [0.3, 0.4) is 0 Å². The molecule has 0 aliphatic heterocycles. The fraction of sp³-hybridized carbons (Fsp3) is 0.167. The second-order valence-electron chi connectivity index (χ2n) is 5.14. The second-order valence-corrected chi connectivity index (χ2v) is 5.14. The lowest BCUT2D eigenvalue weighted by Gasteiger charge is -2.10. The molecule has 3 rings (SSSR count). The van der Waals surface area contributed by atoms with Crippen molar-refractivity contribution in [1.82, 2.24) is 4.98 Å². The fourth-order valence-corrected chi connectivity index (χ4v) is 2.47. The van der Waals surface area contributed by atoms with E-state index in [4.69, 9.17) is 4.98 Å². The third kappa shape index (κ3) is 2.12. The van der Waals surface area contributed by atoms with E-state index in [-0.39, 0.29) is 0 Å². The fourth-order valence-electron chi connectivity index (χ4n) is 2.47. The highest BCUT2D eigenvalue weighted by Crippen LogP contribution is 2.29. The van der Waals surface area contributed by atoms with Gasteiger partial charge in [0.25, 0.3) is 0 Å². The van der Waals surface area contributed by atoms with Crippen LogP contribution in [-0.4, -0.2) is 4.98 Å². The van der Waals surface area contributed by atoms with Gasteiger partial charge in [0.15, 0.2) is 0 Å². The predicted octanol–water partition coefficient (Wildman–Crippen LogP) is 4.83. The minimum Gasteiger partial charge on any atom is -0.252 e. The lowest BCUT2D eigenvalue weighted by Crippen LogP contribution is -1.92. The van der Waals surface area contributed by atoms with Crippen LogP contribution in [0.2, 0.25) is 0 Å². The first-order valence-electron chi connectivity index (χ1n) is 6.59. The molecule has 1 aromatic heterocycles. The van der Waals surface area contributed by atoms with Gasteiger partial charge in [-0.25, -0.2) is 0 Å². The number of aromatic nitrogens is 1. The number of pyridine rings is 1. The highest BCUT2D eigenvalue weighted by molar-refractivity contribution is 5.95. The molecule has 0 bridgehead atoms. The molecule has 0 saturated heterocycles. The van der Waals surface area contributed by atoms with Crippen LogP contribution in [0.4, 0.5) is 0 Å². The van der Waals surface area contributed by atoms with Crippen LogP contribution in [0.25, 0.3) is 22.0 Å². The molecule has 0 amide bonds. The standard InChI is InChI=1S/C18H17N/c1-12-9-16-11-14(3)19-18(17(16)10-13(12)2)15-7-5-4-6-8-15/h4-11H,1-3H3. The van der Waals surface area contributed by atoms with Crippen molar-refractivity contribution >= 4 is 10.8 Å². The number of rotatable bonds is 1. The van der Waals surface area contributed by atoms with Gasteiger partial charge in [-0.05, 0) is 49.4 Å². The van der Waals surface area contributed by atoms with Gasteiger partial charge in [0.1, 0.15) is 0 Å². The minimum atomic E-state index is 1.06. The third-order valence-corrected chi connectivity index (χ3v) is 3.62. The average Bonchev–Trinajstić information content (AvgIpc) is 2.41. The molecular weight excluding hydrogens is 230 g/mol. The molecule has 1 nitrogen and oxygen atoms in total. The lowest BCUT2D eigenvalue weighted by atomic mass is 9.98. The number of fused-ring (bicyclic) bond motifs is 1. The van der Waals surface area contributed by atoms with Crippen molar-refractivity contribution in [3.8, 4) is 11.3 Å². The Labute approximate surface area is 113 Å². The molecule has 0 atom stereocenters. The minimum absolute atomic E-state index is 1.06. The van der Waals surface area contributed by atoms with E-state index in [0.717, 1.165) is 11.4 Å². The monoisotopic (exact) mass is 247 g/mol. The zero-order valence-corrected chi connectivity index (χ0v) is 11.6. The summed E-state index contributed by atoms with van der Waals surface area (Å²) in [6, 6.07) is 17.1. The van der Waals surface area contributed by atoms with Gasteiger partial charge in [-0.1, -0.05) is 36.4 Å². The van der Waals surface area contributed by atoms with Gasteiger partial charge in [-0.2, -0.15) is 0 Å². The van der Waals surface area contributed by atoms with Gasteiger partial charge < -0.3 is 0 Å². The van der Waals surface area contributed by atoms with Crippen LogP contribution in [-0.2, 0) is 0 Å². The van der Waals surface area contributed by atoms with Crippen LogP contribution in [0.5, 0.6) is 0 Å². The molecule has 19 heavy (non-hydrogen) atoms. The Bertz CT molecular complexity index is 742. The highest BCUT2D eigenvalue weighted by atomic mass is 14.7. The molecule has 94 valence electrons. The van der Waals surface area contributed by atoms with E-state index in [1.807, 2.05) is 6.07 Å². The topological polar surface area (TPSA) is 12.9 Å². The van der Waals surface area contributed by atoms with E-state index >= 15 is 0 Å². The molecule has 0 aliphatic rings. The van der Waals surface area contributed by atoms with Crippen molar-refractivity contribution in [3.63, 3.8) is 0 Å². The molecule has 0 spiro atoms. The van der Waals surface area contributed by atoms with E-state index in [2.05, 4.69) is 63.2 Å². The zero-order valence-electron chi connectivity index (χ0n) is 11.6. The highest BCUT2D eigenvalue weighted by Gasteiger charge is 2.08. The molecule has 0 fully saturated rings. The normalized spacial score (nSPS) is 10.9. The Hall–Kier alpha value is -2.15. The molecule has 1 heterocycles. The van der Waals surface area contributed by atoms with Gasteiger partial charge in [-0.15, -0.1) is 0 Å². The summed E-state index contributed by atoms with van der Waals surface area (Å²) in [6.45, 7) is 6.37. The summed E-state index contributed by atoms with van der Waals surface area (Å²) in [5.41, 5.74) is 5.97. The van der Waals surface area contributed by atoms with Gasteiger partial charge in [0.05, 0.1) is 5.69 Å². The molecule has 0 N–H and O–H groups in total. The van der Waals surface area contributed by atoms with E-state index in [1.54, 1.807) is 0 Å². The quantitative estimate of drug-likeness (QED) is 0.600. The van der Waals surface area contributed by atoms with E-state index in [0.29, 0.717) is 0 Å². The molecule has 3 aromatic rings. The molecule has 0 unspecified atom stereocenters. The smallest absolute Gasteiger partial charge is 0.0783 e. The Kier molecular flexibility index (Phi) is 2.83. The van der Waals surface area contributed by atoms with Crippen LogP contribution < -0.4 is 0 Å². The average molecular weight is 247 g/mol. The summed E-state index contributed by atoms with van der Waals surface area (Å²) in [5, 5.41) is 2.51. The Morgan fingerprint density at radius 3 is 2.21 bits per heavy atom. The van der Waals surface area contributed by atoms with Gasteiger partial charge in [-0.3, -0.25) is 4.98 Å². The molecule has 0 saturated carbocycles. The van der Waals surface area contributed by atoms with Crippen LogP contribution in [0.15, 0.2) is 48.5 Å². The van der Waals surface area contributed by atoms with Crippen molar-refractivity contribution in [3.05, 3.63) is 65.4 Å². The molecule has 0 radical (unpaired) electrons. The molecule has 2 aromatic carbocycles. The van der Waals surface area contributed by atoms with E-state index in [1.165, 1.54) is 27.5 Å². The number of aryl methyl sites for hydroxylation is 3. The maximum atomic E-state index is 4.74. The number of hydrogen-bond donors (Lipinski definition) is 0. The van der Waals surface area contributed by atoms with Gasteiger partial charge in [0.2, 0.25) is 0 Å². The second kappa shape index (κ2) is 4.51. The van der Waals surface area contributed by atoms with Gasteiger partial charge in [0, 0.05) is 16.6 Å². The Balaban J connectivity index is 2.38. The summed E-state index contributed by atoms with van der Waals surface area (Å²) in [5.74, 6) is 0. The van der Waals surface area contributed by atoms with Crippen molar-refractivity contribution < 1.29 is 0 Å². The third-order valence-electron chi connectivity index (χ3n) is 3.62. The number of benzene rings is 2. The Morgan fingerprint density at radius 1 is 0.789 bits per heavy atom. The summed E-state index contributed by atoms with van der Waals surface area (Å²) in [4.78, 5) is 4.74. The van der Waals surface area contributed by atoms with Gasteiger partial charge >= 0.3 is 0 Å². The summed E-state index contributed by atoms with van der Waals surface area (Å²) >= 11 is 0. The van der Waals surface area contributed by atoms with E-state index < -0.39 is 0 Å². The maximum absolute atomic E-state index is 4.74. The summed E-state index contributed by atoms with van der Waals surface area (Å²) in [7, 11) is 0. The largest absolute Gasteiger partial charge is 0.252 e. The first-order chi connectivity index (χ1) is 9.15. The Morgan fingerprint density at radius 2 is 1.47 bits per heavy atom. The molecule has 1 heteroatoms. The van der Waals surface area contributed by atoms with E-state index in [9.17, 15) is 0 Å². The van der Waals surface area contributed by atoms with Crippen LogP contribution >= 0.6 is 0 Å². The van der Waals surface area contributed by atoms with Crippen LogP contribution in [0, 0.1) is 20.8 Å². The molecular formula is C18H17N. The van der Waals surface area contributed by atoms with Crippen molar-refractivity contribution in [2.24, 2.45) is 0 Å². The summed E-state index contributed by atoms with van der Waals surface area (Å²) < 4.78 is 0. The maximum Gasteiger partial charge on any atom is 0.0783 e. The predicted molar refractivity (Wildman–Crippen MR) is 81.4 cm³/mol. The van der Waals surface area contributed by atoms with Crippen molar-refractivity contribution in [2.75, 3.05) is 0 Å². The first kappa shape index (κ1) is 11.9. The van der Waals surface area contributed by atoms with Crippen molar-refractivity contribution in [2.45, 2.75) is 20.8 Å². The molecule has 0 aliphatic carbocycles. The number of nitrogens with zero attached hydrogens (tertiary/aromatic N) is 1. The summed E-state index contributed by atoms with van der Waals surface area (Å²) in [6.07, 6.45) is 0. The SMILES string of the molecule is Cc1cc2cc(C)c(C)cc2c(-c2ccccc2)n1. The number of hydrogen-bond acceptors (Lipinski definition) is 1. The first-order valence-corrected chi connectivity index (χ1v) is 6.59. The lowest BCUT2D eigenvalue weighted by molar-refractivity contribution is 1.22.